The zero-order valence-electron chi connectivity index (χ0n) is 13.3. The van der Waals surface area contributed by atoms with Crippen molar-refractivity contribution in [3.63, 3.8) is 0 Å². The van der Waals surface area contributed by atoms with Crippen LogP contribution in [-0.2, 0) is 14.6 Å². The Labute approximate surface area is 150 Å². The topological polar surface area (TPSA) is 70.0 Å². The fraction of sp³-hybridized carbons (Fsp3) is 0.467. The molecule has 6 nitrogen and oxygen atoms in total. The van der Waals surface area contributed by atoms with Crippen LogP contribution in [0.5, 0.6) is 0 Å². The highest BCUT2D eigenvalue weighted by Crippen LogP contribution is 2.41. The molecule has 1 amide bonds. The van der Waals surface area contributed by atoms with Crippen molar-refractivity contribution in [2.24, 2.45) is 4.99 Å². The number of benzene rings is 1. The number of amides is 1. The third kappa shape index (κ3) is 3.41. The van der Waals surface area contributed by atoms with Crippen molar-refractivity contribution in [3.8, 4) is 0 Å². The van der Waals surface area contributed by atoms with Crippen molar-refractivity contribution in [2.45, 2.75) is 11.3 Å². The Balaban J connectivity index is 1.98. The summed E-state index contributed by atoms with van der Waals surface area (Å²) >= 11 is 6.91. The van der Waals surface area contributed by atoms with E-state index in [9.17, 15) is 13.2 Å². The molecule has 0 spiro atoms. The lowest BCUT2D eigenvalue weighted by Gasteiger charge is -2.25. The first-order valence-electron chi connectivity index (χ1n) is 7.42. The lowest BCUT2D eigenvalue weighted by Crippen LogP contribution is -2.37. The van der Waals surface area contributed by atoms with Crippen LogP contribution in [0, 0.1) is 0 Å². The molecule has 24 heavy (non-hydrogen) atoms. The first-order chi connectivity index (χ1) is 11.3. The van der Waals surface area contributed by atoms with Gasteiger partial charge in [-0.15, -0.1) is 11.6 Å². The second kappa shape index (κ2) is 6.57. The van der Waals surface area contributed by atoms with E-state index in [1.165, 1.54) is 11.8 Å². The van der Waals surface area contributed by atoms with Crippen LogP contribution in [-0.4, -0.2) is 62.3 Å². The highest BCUT2D eigenvalue weighted by molar-refractivity contribution is 8.16. The average molecular weight is 388 g/mol. The lowest BCUT2D eigenvalue weighted by atomic mass is 10.2. The summed E-state index contributed by atoms with van der Waals surface area (Å²) in [5.74, 6) is -0.418. The molecule has 130 valence electrons. The maximum absolute atomic E-state index is 12.0. The van der Waals surface area contributed by atoms with Crippen LogP contribution in [0.2, 0.25) is 0 Å². The molecule has 1 aromatic rings. The predicted octanol–water partition coefficient (Wildman–Crippen LogP) is 1.59. The first-order valence-corrected chi connectivity index (χ1v) is 10.7. The predicted molar refractivity (Wildman–Crippen MR) is 100 cm³/mol. The van der Waals surface area contributed by atoms with Crippen LogP contribution in [0.1, 0.15) is 0 Å². The van der Waals surface area contributed by atoms with Gasteiger partial charge in [-0.2, -0.15) is 4.99 Å². The fourth-order valence-corrected chi connectivity index (χ4v) is 6.91. The molecule has 0 saturated carbocycles. The second-order valence-electron chi connectivity index (χ2n) is 6.00. The number of carbonyl (C=O) groups is 1. The molecular weight excluding hydrogens is 370 g/mol. The molecule has 0 unspecified atom stereocenters. The van der Waals surface area contributed by atoms with E-state index in [1.54, 1.807) is 0 Å². The van der Waals surface area contributed by atoms with Crippen molar-refractivity contribution in [3.05, 3.63) is 24.3 Å². The van der Waals surface area contributed by atoms with Gasteiger partial charge in [-0.25, -0.2) is 8.42 Å². The van der Waals surface area contributed by atoms with Crippen molar-refractivity contribution in [1.82, 2.24) is 0 Å². The summed E-state index contributed by atoms with van der Waals surface area (Å²) in [6.07, 6.45) is 0. The number of carbonyl (C=O) groups excluding carboxylic acids is 1. The van der Waals surface area contributed by atoms with Crippen LogP contribution in [0.4, 0.5) is 11.4 Å². The number of alkyl halides is 1. The van der Waals surface area contributed by atoms with Crippen LogP contribution < -0.4 is 9.80 Å². The lowest BCUT2D eigenvalue weighted by molar-refractivity contribution is -0.115. The Bertz CT molecular complexity index is 778. The number of hydrogen-bond acceptors (Lipinski definition) is 5. The molecular formula is C15H18ClN3O3S2. The molecule has 2 fully saturated rings. The number of thioether (sulfide) groups is 1. The first kappa shape index (κ1) is 17.6. The van der Waals surface area contributed by atoms with Gasteiger partial charge < -0.3 is 9.80 Å². The fourth-order valence-electron chi connectivity index (χ4n) is 2.91. The molecule has 2 aliphatic heterocycles. The minimum atomic E-state index is -3.06. The van der Waals surface area contributed by atoms with Gasteiger partial charge in [0.1, 0.15) is 5.88 Å². The number of halogens is 1. The molecule has 0 radical (unpaired) electrons. The van der Waals surface area contributed by atoms with Gasteiger partial charge >= 0.3 is 0 Å². The maximum Gasteiger partial charge on any atom is 0.262 e. The SMILES string of the molecule is CN(C)c1ccc(N2C(=NC(=O)CCl)S[C@H]3CS(=O)(=O)C[C@@H]32)cc1. The molecule has 9 heteroatoms. The van der Waals surface area contributed by atoms with Gasteiger partial charge in [0.15, 0.2) is 15.0 Å². The summed E-state index contributed by atoms with van der Waals surface area (Å²) < 4.78 is 23.9. The number of nitrogens with zero attached hydrogens (tertiary/aromatic N) is 3. The van der Waals surface area contributed by atoms with Gasteiger partial charge in [-0.05, 0) is 24.3 Å². The Hall–Kier alpha value is -1.25. The molecule has 2 heterocycles. The van der Waals surface area contributed by atoms with Gasteiger partial charge in [-0.1, -0.05) is 11.8 Å². The molecule has 1 aromatic carbocycles. The van der Waals surface area contributed by atoms with E-state index in [2.05, 4.69) is 4.99 Å². The van der Waals surface area contributed by atoms with E-state index in [4.69, 9.17) is 11.6 Å². The third-order valence-electron chi connectivity index (χ3n) is 4.05. The molecule has 0 N–H and O–H groups in total. The van der Waals surface area contributed by atoms with Crippen LogP contribution in [0.25, 0.3) is 0 Å². The number of anilines is 2. The Morgan fingerprint density at radius 2 is 2.00 bits per heavy atom. The normalized spacial score (nSPS) is 26.6. The molecule has 0 bridgehead atoms. The number of hydrogen-bond donors (Lipinski definition) is 0. The smallest absolute Gasteiger partial charge is 0.262 e. The summed E-state index contributed by atoms with van der Waals surface area (Å²) in [7, 11) is 0.839. The molecule has 0 aromatic heterocycles. The molecule has 2 atom stereocenters. The van der Waals surface area contributed by atoms with E-state index < -0.39 is 15.7 Å². The summed E-state index contributed by atoms with van der Waals surface area (Å²) in [6, 6.07) is 7.55. The molecule has 2 saturated heterocycles. The van der Waals surface area contributed by atoms with Crippen molar-refractivity contribution in [1.29, 1.82) is 0 Å². The van der Waals surface area contributed by atoms with Gasteiger partial charge in [-0.3, -0.25) is 4.79 Å². The van der Waals surface area contributed by atoms with Crippen molar-refractivity contribution >= 4 is 55.6 Å². The number of sulfone groups is 1. The van der Waals surface area contributed by atoms with Crippen molar-refractivity contribution in [2.75, 3.05) is 41.3 Å². The molecule has 3 rings (SSSR count). The molecule has 0 aliphatic carbocycles. The van der Waals surface area contributed by atoms with E-state index in [0.29, 0.717) is 5.17 Å². The number of aliphatic imine (C=N–C) groups is 1. The van der Waals surface area contributed by atoms with Gasteiger partial charge in [0, 0.05) is 30.7 Å². The van der Waals surface area contributed by atoms with Crippen molar-refractivity contribution < 1.29 is 13.2 Å². The standard InChI is InChI=1S/C15H18ClN3O3S2/c1-18(2)10-3-5-11(6-4-10)19-12-8-24(21,22)9-13(12)23-15(19)17-14(20)7-16/h3-6,12-13H,7-9H2,1-2H3/t12-,13-/m0/s1. The van der Waals surface area contributed by atoms with Crippen LogP contribution in [0.15, 0.2) is 29.3 Å². The van der Waals surface area contributed by atoms with Gasteiger partial charge in [0.25, 0.3) is 5.91 Å². The zero-order chi connectivity index (χ0) is 17.5. The maximum atomic E-state index is 12.0. The van der Waals surface area contributed by atoms with Gasteiger partial charge in [0.05, 0.1) is 17.5 Å². The minimum absolute atomic E-state index is 0.0776. The zero-order valence-corrected chi connectivity index (χ0v) is 15.7. The highest BCUT2D eigenvalue weighted by atomic mass is 35.5. The summed E-state index contributed by atoms with van der Waals surface area (Å²) in [5.41, 5.74) is 1.87. The summed E-state index contributed by atoms with van der Waals surface area (Å²) in [5, 5.41) is 0.425. The van der Waals surface area contributed by atoms with E-state index >= 15 is 0 Å². The largest absolute Gasteiger partial charge is 0.378 e. The Morgan fingerprint density at radius 1 is 1.33 bits per heavy atom. The summed E-state index contributed by atoms with van der Waals surface area (Å²) in [6.45, 7) is 0. The molecule has 2 aliphatic rings. The quantitative estimate of drug-likeness (QED) is 0.733. The number of fused-ring (bicyclic) bond motifs is 1. The average Bonchev–Trinajstić information content (AvgIpc) is 2.98. The van der Waals surface area contributed by atoms with Gasteiger partial charge in [0.2, 0.25) is 0 Å². The Morgan fingerprint density at radius 3 is 2.58 bits per heavy atom. The van der Waals surface area contributed by atoms with E-state index in [1.807, 2.05) is 48.2 Å². The van der Waals surface area contributed by atoms with Crippen LogP contribution in [0.3, 0.4) is 0 Å². The van der Waals surface area contributed by atoms with E-state index in [0.717, 1.165) is 11.4 Å². The van der Waals surface area contributed by atoms with E-state index in [-0.39, 0.29) is 28.7 Å². The highest BCUT2D eigenvalue weighted by Gasteiger charge is 2.49. The number of amidine groups is 1. The minimum Gasteiger partial charge on any atom is -0.378 e. The monoisotopic (exact) mass is 387 g/mol. The summed E-state index contributed by atoms with van der Waals surface area (Å²) in [4.78, 5) is 19.6. The third-order valence-corrected chi connectivity index (χ3v) is 7.48. The second-order valence-corrected chi connectivity index (χ2v) is 9.63. The number of rotatable bonds is 3. The van der Waals surface area contributed by atoms with Crippen LogP contribution >= 0.6 is 23.4 Å². The Kier molecular flexibility index (Phi) is 4.81.